The predicted octanol–water partition coefficient (Wildman–Crippen LogP) is 6.51. The molecule has 2 heterocycles. The Morgan fingerprint density at radius 3 is 2.33 bits per heavy atom. The van der Waals surface area contributed by atoms with Gasteiger partial charge < -0.3 is 14.6 Å². The van der Waals surface area contributed by atoms with Crippen molar-refractivity contribution in [2.45, 2.75) is 24.2 Å². The summed E-state index contributed by atoms with van der Waals surface area (Å²) in [6.07, 6.45) is 0.959. The summed E-state index contributed by atoms with van der Waals surface area (Å²) in [4.78, 5) is 71.9. The number of anilines is 1. The molecule has 2 aliphatic heterocycles. The number of rotatable bonds is 4. The van der Waals surface area contributed by atoms with Crippen molar-refractivity contribution in [2.75, 3.05) is 19.1 Å². The fourth-order valence-electron chi connectivity index (χ4n) is 8.34. The van der Waals surface area contributed by atoms with Crippen LogP contribution in [0.3, 0.4) is 0 Å². The molecule has 13 heteroatoms. The summed E-state index contributed by atoms with van der Waals surface area (Å²) in [6.45, 7) is 0. The fraction of sp³-hybridized carbons (Fsp3) is 0.286. The van der Waals surface area contributed by atoms with Crippen molar-refractivity contribution in [3.63, 3.8) is 0 Å². The maximum atomic E-state index is 15.3. The molecule has 7 rings (SSSR count). The van der Waals surface area contributed by atoms with Crippen molar-refractivity contribution in [2.24, 2.45) is 23.7 Å². The number of phenols is 1. The van der Waals surface area contributed by atoms with Gasteiger partial charge in [-0.1, -0.05) is 59.6 Å². The molecule has 0 spiro atoms. The zero-order valence-corrected chi connectivity index (χ0v) is 29.4. The van der Waals surface area contributed by atoms with E-state index in [4.69, 9.17) is 21.1 Å². The number of carbonyl (C=O) groups is 5. The van der Waals surface area contributed by atoms with E-state index in [2.05, 4.69) is 31.9 Å². The number of phenolic OH excluding ortho intramolecular Hbond substituents is 1. The minimum atomic E-state index is -1.55. The molecular formula is C35H27Br2ClN2O8. The predicted molar refractivity (Wildman–Crippen MR) is 180 cm³/mol. The highest BCUT2D eigenvalue weighted by Crippen LogP contribution is 2.66. The van der Waals surface area contributed by atoms with Crippen LogP contribution in [0.5, 0.6) is 11.5 Å². The van der Waals surface area contributed by atoms with Gasteiger partial charge in [-0.2, -0.15) is 4.90 Å². The van der Waals surface area contributed by atoms with Gasteiger partial charge in [-0.05, 0) is 86.0 Å². The third-order valence-corrected chi connectivity index (χ3v) is 12.6. The van der Waals surface area contributed by atoms with Gasteiger partial charge in [0.05, 0.1) is 47.5 Å². The average Bonchev–Trinajstić information content (AvgIpc) is 3.48. The monoisotopic (exact) mass is 796 g/mol. The first-order valence-electron chi connectivity index (χ1n) is 15.1. The number of hydrogen-bond donors (Lipinski definition) is 1. The number of allylic oxidation sites excluding steroid dienone is 2. The molecule has 4 aliphatic rings. The van der Waals surface area contributed by atoms with Crippen molar-refractivity contribution < 1.29 is 38.6 Å². The van der Waals surface area contributed by atoms with Crippen LogP contribution in [0.4, 0.5) is 10.5 Å². The molecule has 5 amide bonds. The Hall–Kier alpha value is -4.00. The van der Waals surface area contributed by atoms with Crippen molar-refractivity contribution in [3.05, 3.63) is 97.4 Å². The highest BCUT2D eigenvalue weighted by molar-refractivity contribution is 9.13. The summed E-state index contributed by atoms with van der Waals surface area (Å²) in [5.74, 6) is -6.85. The Labute approximate surface area is 296 Å². The van der Waals surface area contributed by atoms with Gasteiger partial charge in [0.1, 0.15) is 0 Å². The van der Waals surface area contributed by atoms with Crippen LogP contribution in [0.2, 0.25) is 5.02 Å². The maximum Gasteiger partial charge on any atom is 0.423 e. The van der Waals surface area contributed by atoms with Gasteiger partial charge in [0.15, 0.2) is 11.5 Å². The summed E-state index contributed by atoms with van der Waals surface area (Å²) >= 11 is 13.5. The van der Waals surface area contributed by atoms with E-state index in [1.165, 1.54) is 7.11 Å². The van der Waals surface area contributed by atoms with E-state index in [0.29, 0.717) is 36.8 Å². The third-order valence-electron chi connectivity index (χ3n) is 10.2. The van der Waals surface area contributed by atoms with Crippen molar-refractivity contribution in [1.29, 1.82) is 0 Å². The number of benzene rings is 3. The van der Waals surface area contributed by atoms with E-state index in [9.17, 15) is 24.3 Å². The molecule has 3 fully saturated rings. The molecule has 48 heavy (non-hydrogen) atoms. The zero-order valence-electron chi connectivity index (χ0n) is 25.5. The number of halogens is 3. The summed E-state index contributed by atoms with van der Waals surface area (Å²) in [5, 5.41) is 11.2. The van der Waals surface area contributed by atoms with Gasteiger partial charge in [0, 0.05) is 15.4 Å². The lowest BCUT2D eigenvalue weighted by Gasteiger charge is -2.51. The topological polar surface area (TPSA) is 131 Å². The molecule has 0 bridgehead atoms. The first-order chi connectivity index (χ1) is 23.0. The molecule has 2 saturated heterocycles. The van der Waals surface area contributed by atoms with Crippen LogP contribution >= 0.6 is 43.5 Å². The SMILES string of the molecule is COC(=O)N1C(=O)C2CC=C3C(CC4C(=O)N(c5cccc(Cl)c5)C(=O)C4(c4ccccc4)C3c3cc(OC)c(O)c(Br)c3Br)C2C1=O. The highest BCUT2D eigenvalue weighted by Gasteiger charge is 2.70. The van der Waals surface area contributed by atoms with Crippen molar-refractivity contribution >= 4 is 78.9 Å². The van der Waals surface area contributed by atoms with Gasteiger partial charge in [-0.15, -0.1) is 0 Å². The molecule has 6 unspecified atom stereocenters. The van der Waals surface area contributed by atoms with Crippen LogP contribution in [-0.2, 0) is 29.3 Å². The van der Waals surface area contributed by atoms with Gasteiger partial charge in [0.2, 0.25) is 23.6 Å². The van der Waals surface area contributed by atoms with Crippen LogP contribution in [0.15, 0.2) is 81.3 Å². The van der Waals surface area contributed by atoms with Crippen LogP contribution in [-0.4, -0.2) is 53.9 Å². The molecule has 3 aromatic rings. The van der Waals surface area contributed by atoms with Gasteiger partial charge in [-0.3, -0.25) is 19.2 Å². The van der Waals surface area contributed by atoms with Gasteiger partial charge >= 0.3 is 6.09 Å². The van der Waals surface area contributed by atoms with E-state index < -0.39 is 64.7 Å². The molecule has 246 valence electrons. The normalized spacial score (nSPS) is 27.8. The molecule has 1 N–H and O–H groups in total. The van der Waals surface area contributed by atoms with Gasteiger partial charge in [-0.25, -0.2) is 9.69 Å². The molecule has 2 aliphatic carbocycles. The van der Waals surface area contributed by atoms with E-state index in [-0.39, 0.29) is 28.8 Å². The number of carbonyl (C=O) groups excluding carboxylic acids is 5. The Kier molecular flexibility index (Phi) is 8.04. The number of amides is 5. The summed E-state index contributed by atoms with van der Waals surface area (Å²) in [6, 6.07) is 17.1. The van der Waals surface area contributed by atoms with Crippen LogP contribution in [0.25, 0.3) is 0 Å². The second-order valence-electron chi connectivity index (χ2n) is 12.2. The average molecular weight is 799 g/mol. The lowest BCUT2D eigenvalue weighted by Crippen LogP contribution is -2.53. The van der Waals surface area contributed by atoms with Crippen molar-refractivity contribution in [1.82, 2.24) is 4.90 Å². The maximum absolute atomic E-state index is 15.3. The number of methoxy groups -OCH3 is 2. The summed E-state index contributed by atoms with van der Waals surface area (Å²) < 4.78 is 11.0. The van der Waals surface area contributed by atoms with Crippen molar-refractivity contribution in [3.8, 4) is 11.5 Å². The zero-order chi connectivity index (χ0) is 34.2. The Balaban J connectivity index is 1.54. The smallest absolute Gasteiger partial charge is 0.423 e. The van der Waals surface area contributed by atoms with E-state index in [0.717, 1.165) is 12.0 Å². The van der Waals surface area contributed by atoms with E-state index in [1.54, 1.807) is 42.5 Å². The Bertz CT molecular complexity index is 1970. The number of aromatic hydroxyl groups is 1. The lowest BCUT2D eigenvalue weighted by molar-refractivity contribution is -0.138. The first-order valence-corrected chi connectivity index (χ1v) is 17.0. The number of likely N-dealkylation sites (tertiary alicyclic amines) is 1. The molecule has 1 saturated carbocycles. The number of nitrogens with zero attached hydrogens (tertiary/aromatic N) is 2. The molecule has 3 aromatic carbocycles. The molecule has 0 radical (unpaired) electrons. The second kappa shape index (κ2) is 11.9. The lowest BCUT2D eigenvalue weighted by atomic mass is 9.49. The van der Waals surface area contributed by atoms with Gasteiger partial charge in [0.25, 0.3) is 0 Å². The van der Waals surface area contributed by atoms with Crippen LogP contribution in [0, 0.1) is 23.7 Å². The molecule has 6 atom stereocenters. The highest BCUT2D eigenvalue weighted by atomic mass is 79.9. The first kappa shape index (κ1) is 32.5. The summed E-state index contributed by atoms with van der Waals surface area (Å²) in [5.41, 5.74) is 0.495. The molecule has 0 aromatic heterocycles. The fourth-order valence-corrected chi connectivity index (χ4v) is 9.48. The molecule has 10 nitrogen and oxygen atoms in total. The number of ether oxygens (including phenoxy) is 2. The number of hydrogen-bond acceptors (Lipinski definition) is 8. The minimum Gasteiger partial charge on any atom is -0.503 e. The second-order valence-corrected chi connectivity index (χ2v) is 14.2. The Morgan fingerprint density at radius 1 is 0.938 bits per heavy atom. The van der Waals surface area contributed by atoms with Crippen LogP contribution < -0.4 is 9.64 Å². The quantitative estimate of drug-likeness (QED) is 0.234. The van der Waals surface area contributed by atoms with E-state index in [1.807, 2.05) is 24.3 Å². The minimum absolute atomic E-state index is 0.0437. The number of fused-ring (bicyclic) bond motifs is 4. The largest absolute Gasteiger partial charge is 0.503 e. The van der Waals surface area contributed by atoms with E-state index >= 15 is 4.79 Å². The van der Waals surface area contributed by atoms with Crippen LogP contribution in [0.1, 0.15) is 29.9 Å². The number of imide groups is 4. The Morgan fingerprint density at radius 2 is 1.67 bits per heavy atom. The summed E-state index contributed by atoms with van der Waals surface area (Å²) in [7, 11) is 2.50. The standard InChI is InChI=1S/C35H27Br2ClN2O8/c1-47-24-15-22(27(36)28(37)29(24)41)26-19-11-12-20-25(32(44)40(30(20)42)34(46)48-2)21(19)14-23-31(43)39(18-10-6-9-17(38)13-18)33(45)35(23,26)16-7-4-3-5-8-16/h3-11,13,15,20-21,23,25-26,41H,12,14H2,1-2H3. The molecular weight excluding hydrogens is 772 g/mol. The third kappa shape index (κ3) is 4.38.